The molecule has 0 N–H and O–H groups in total. The number of thiocarbonyl (C=S) groups is 1. The molecular formula is C21H17N3OS2. The lowest BCUT2D eigenvalue weighted by Gasteiger charge is -2.09. The second kappa shape index (κ2) is 7.50. The molecule has 1 saturated heterocycles. The van der Waals surface area contributed by atoms with Crippen LogP contribution in [0.25, 0.3) is 23.0 Å². The van der Waals surface area contributed by atoms with Crippen LogP contribution in [-0.2, 0) is 4.79 Å². The summed E-state index contributed by atoms with van der Waals surface area (Å²) in [5.74, 6) is -0.0426. The van der Waals surface area contributed by atoms with Crippen molar-refractivity contribution in [2.45, 2.75) is 6.92 Å². The molecule has 27 heavy (non-hydrogen) atoms. The van der Waals surface area contributed by atoms with Gasteiger partial charge in [0.05, 0.1) is 16.3 Å². The number of thioether (sulfide) groups is 1. The molecule has 0 radical (unpaired) electrons. The third kappa shape index (κ3) is 3.46. The van der Waals surface area contributed by atoms with Crippen LogP contribution >= 0.6 is 24.0 Å². The fraction of sp³-hybridized carbons (Fsp3) is 0.0952. The van der Waals surface area contributed by atoms with Crippen LogP contribution in [0.5, 0.6) is 0 Å². The van der Waals surface area contributed by atoms with Crippen molar-refractivity contribution in [3.05, 3.63) is 77.3 Å². The van der Waals surface area contributed by atoms with E-state index in [2.05, 4.69) is 0 Å². The summed E-state index contributed by atoms with van der Waals surface area (Å²) in [6.45, 7) is 2.51. The maximum atomic E-state index is 12.6. The van der Waals surface area contributed by atoms with Crippen LogP contribution in [-0.4, -0.2) is 31.5 Å². The minimum absolute atomic E-state index is 0.0426. The molecule has 1 aromatic heterocycles. The van der Waals surface area contributed by atoms with Crippen molar-refractivity contribution < 1.29 is 4.79 Å². The number of benzene rings is 2. The highest BCUT2D eigenvalue weighted by Gasteiger charge is 2.31. The van der Waals surface area contributed by atoms with E-state index < -0.39 is 0 Å². The lowest BCUT2D eigenvalue weighted by molar-refractivity contribution is -0.121. The summed E-state index contributed by atoms with van der Waals surface area (Å²) in [6.07, 6.45) is 3.85. The Labute approximate surface area is 167 Å². The van der Waals surface area contributed by atoms with E-state index in [9.17, 15) is 4.79 Å². The molecule has 0 unspecified atom stereocenters. The minimum atomic E-state index is -0.0426. The largest absolute Gasteiger partial charge is 0.293 e. The molecule has 134 valence electrons. The van der Waals surface area contributed by atoms with Gasteiger partial charge >= 0.3 is 0 Å². The highest BCUT2D eigenvalue weighted by Crippen LogP contribution is 2.34. The first-order valence-electron chi connectivity index (χ1n) is 8.63. The zero-order chi connectivity index (χ0) is 18.8. The maximum absolute atomic E-state index is 12.6. The summed E-state index contributed by atoms with van der Waals surface area (Å²) in [5.41, 5.74) is 3.70. The minimum Gasteiger partial charge on any atom is -0.293 e. The molecule has 1 aliphatic rings. The van der Waals surface area contributed by atoms with E-state index in [4.69, 9.17) is 17.3 Å². The van der Waals surface area contributed by atoms with Gasteiger partial charge in [0.2, 0.25) is 0 Å². The molecule has 4 nitrogen and oxygen atoms in total. The highest BCUT2D eigenvalue weighted by molar-refractivity contribution is 8.26. The van der Waals surface area contributed by atoms with Crippen LogP contribution in [0.2, 0.25) is 0 Å². The smallest absolute Gasteiger partial charge is 0.266 e. The summed E-state index contributed by atoms with van der Waals surface area (Å²) in [7, 11) is 0. The molecule has 1 aliphatic heterocycles. The maximum Gasteiger partial charge on any atom is 0.266 e. The van der Waals surface area contributed by atoms with Gasteiger partial charge in [0.1, 0.15) is 4.32 Å². The van der Waals surface area contributed by atoms with Gasteiger partial charge in [-0.25, -0.2) is 4.68 Å². The molecule has 0 aliphatic carbocycles. The van der Waals surface area contributed by atoms with E-state index >= 15 is 0 Å². The van der Waals surface area contributed by atoms with Gasteiger partial charge in [-0.1, -0.05) is 72.5 Å². The Balaban J connectivity index is 1.82. The third-order valence-corrected chi connectivity index (χ3v) is 5.66. The second-order valence-electron chi connectivity index (χ2n) is 6.01. The van der Waals surface area contributed by atoms with Gasteiger partial charge in [0, 0.05) is 23.9 Å². The number of likely N-dealkylation sites (N-methyl/N-ethyl adjacent to an activating group) is 1. The van der Waals surface area contributed by atoms with Crippen LogP contribution in [0.4, 0.5) is 0 Å². The fourth-order valence-electron chi connectivity index (χ4n) is 2.94. The summed E-state index contributed by atoms with van der Waals surface area (Å²) >= 11 is 6.67. The standard InChI is InChI=1S/C21H17N3OS2/c1-2-23-20(25)18(27-21(23)26)13-16-14-24(17-11-7-4-8-12-17)22-19(16)15-9-5-3-6-10-15/h3-14H,2H2,1H3. The number of hydrogen-bond acceptors (Lipinski definition) is 4. The Morgan fingerprint density at radius 2 is 1.74 bits per heavy atom. The number of nitrogens with zero attached hydrogens (tertiary/aromatic N) is 3. The average molecular weight is 392 g/mol. The molecule has 4 rings (SSSR count). The molecule has 0 atom stereocenters. The van der Waals surface area contributed by atoms with Gasteiger partial charge < -0.3 is 0 Å². The molecule has 2 heterocycles. The second-order valence-corrected chi connectivity index (χ2v) is 7.68. The molecule has 6 heteroatoms. The highest BCUT2D eigenvalue weighted by atomic mass is 32.2. The van der Waals surface area contributed by atoms with Gasteiger partial charge in [-0.3, -0.25) is 9.69 Å². The lowest BCUT2D eigenvalue weighted by atomic mass is 10.1. The number of carbonyl (C=O) groups is 1. The lowest BCUT2D eigenvalue weighted by Crippen LogP contribution is -2.27. The predicted octanol–water partition coefficient (Wildman–Crippen LogP) is 4.76. The van der Waals surface area contributed by atoms with Crippen LogP contribution in [0.1, 0.15) is 12.5 Å². The van der Waals surface area contributed by atoms with Crippen LogP contribution in [0.3, 0.4) is 0 Å². The zero-order valence-electron chi connectivity index (χ0n) is 14.7. The number of aromatic nitrogens is 2. The van der Waals surface area contributed by atoms with E-state index in [1.165, 1.54) is 11.8 Å². The first-order valence-corrected chi connectivity index (χ1v) is 9.85. The SMILES string of the molecule is CCN1C(=O)C(=Cc2cn(-c3ccccc3)nc2-c2ccccc2)SC1=S. The van der Waals surface area contributed by atoms with Crippen molar-refractivity contribution in [1.29, 1.82) is 0 Å². The Bertz CT molecular complexity index is 1030. The Morgan fingerprint density at radius 3 is 2.37 bits per heavy atom. The summed E-state index contributed by atoms with van der Waals surface area (Å²) in [6, 6.07) is 19.9. The Hall–Kier alpha value is -2.70. The van der Waals surface area contributed by atoms with Gasteiger partial charge in [0.25, 0.3) is 5.91 Å². The van der Waals surface area contributed by atoms with Gasteiger partial charge in [0.15, 0.2) is 0 Å². The summed E-state index contributed by atoms with van der Waals surface area (Å²) in [4.78, 5) is 14.8. The van der Waals surface area contributed by atoms with Crippen LogP contribution in [0.15, 0.2) is 71.8 Å². The van der Waals surface area contributed by atoms with Crippen LogP contribution < -0.4 is 0 Å². The molecule has 0 spiro atoms. The summed E-state index contributed by atoms with van der Waals surface area (Å²) in [5, 5.41) is 4.78. The zero-order valence-corrected chi connectivity index (χ0v) is 16.3. The third-order valence-electron chi connectivity index (χ3n) is 4.29. The van der Waals surface area contributed by atoms with E-state index in [0.29, 0.717) is 15.8 Å². The van der Waals surface area contributed by atoms with E-state index in [-0.39, 0.29) is 5.91 Å². The first kappa shape index (κ1) is 17.7. The van der Waals surface area contributed by atoms with Crippen molar-refractivity contribution in [3.8, 4) is 16.9 Å². The van der Waals surface area contributed by atoms with Crippen molar-refractivity contribution in [2.75, 3.05) is 6.54 Å². The number of para-hydroxylation sites is 1. The average Bonchev–Trinajstić information content (AvgIpc) is 3.24. The number of carbonyl (C=O) groups excluding carboxylic acids is 1. The number of amides is 1. The van der Waals surface area contributed by atoms with Crippen molar-refractivity contribution >= 4 is 40.3 Å². The molecule has 3 aromatic rings. The fourth-order valence-corrected chi connectivity index (χ4v) is 4.32. The summed E-state index contributed by atoms with van der Waals surface area (Å²) < 4.78 is 2.44. The van der Waals surface area contributed by atoms with E-state index in [0.717, 1.165) is 22.5 Å². The monoisotopic (exact) mass is 391 g/mol. The molecule has 0 bridgehead atoms. The molecule has 2 aromatic carbocycles. The number of hydrogen-bond donors (Lipinski definition) is 0. The molecule has 0 saturated carbocycles. The van der Waals surface area contributed by atoms with Crippen molar-refractivity contribution in [3.63, 3.8) is 0 Å². The van der Waals surface area contributed by atoms with Crippen molar-refractivity contribution in [1.82, 2.24) is 14.7 Å². The van der Waals surface area contributed by atoms with Crippen LogP contribution in [0, 0.1) is 0 Å². The molecule has 1 fully saturated rings. The molecule has 1 amide bonds. The Kier molecular flexibility index (Phi) is 4.92. The van der Waals surface area contributed by atoms with Gasteiger partial charge in [-0.15, -0.1) is 0 Å². The molecular weight excluding hydrogens is 374 g/mol. The van der Waals surface area contributed by atoms with E-state index in [1.54, 1.807) is 4.90 Å². The number of rotatable bonds is 4. The van der Waals surface area contributed by atoms with Crippen molar-refractivity contribution in [2.24, 2.45) is 0 Å². The normalized spacial score (nSPS) is 15.7. The first-order chi connectivity index (χ1) is 13.2. The Morgan fingerprint density at radius 1 is 1.07 bits per heavy atom. The quantitative estimate of drug-likeness (QED) is 0.475. The predicted molar refractivity (Wildman–Crippen MR) is 115 cm³/mol. The van der Waals surface area contributed by atoms with Gasteiger partial charge in [-0.2, -0.15) is 5.10 Å². The van der Waals surface area contributed by atoms with Gasteiger partial charge in [-0.05, 0) is 25.1 Å². The topological polar surface area (TPSA) is 38.1 Å². The van der Waals surface area contributed by atoms with E-state index in [1.807, 2.05) is 84.5 Å².